The Bertz CT molecular complexity index is 413. The number of guanidine groups is 1. The summed E-state index contributed by atoms with van der Waals surface area (Å²) >= 11 is 0. The highest BCUT2D eigenvalue weighted by Crippen LogP contribution is 2.36. The first-order valence-corrected chi connectivity index (χ1v) is 10.5. The van der Waals surface area contributed by atoms with Crippen LogP contribution in [0.4, 0.5) is 0 Å². The zero-order valence-corrected chi connectivity index (χ0v) is 19.4. The monoisotopic (exact) mass is 480 g/mol. The minimum atomic E-state index is -0.211. The van der Waals surface area contributed by atoms with Crippen LogP contribution in [-0.2, 0) is 0 Å². The predicted molar refractivity (Wildman–Crippen MR) is 121 cm³/mol. The molecular formula is C20H41IN4O. The van der Waals surface area contributed by atoms with Crippen molar-refractivity contribution in [2.75, 3.05) is 39.3 Å². The normalized spacial score (nSPS) is 28.5. The maximum absolute atomic E-state index is 10.3. The first-order chi connectivity index (χ1) is 12.1. The molecule has 1 saturated heterocycles. The summed E-state index contributed by atoms with van der Waals surface area (Å²) in [5.41, 5.74) is -0.0619. The number of hydrogen-bond donors (Lipinski definition) is 3. The van der Waals surface area contributed by atoms with E-state index in [4.69, 9.17) is 4.99 Å². The van der Waals surface area contributed by atoms with Gasteiger partial charge in [-0.25, -0.2) is 0 Å². The van der Waals surface area contributed by atoms with E-state index in [-0.39, 0.29) is 35.5 Å². The second kappa shape index (κ2) is 12.4. The van der Waals surface area contributed by atoms with Crippen LogP contribution in [-0.4, -0.2) is 61.3 Å². The Balaban J connectivity index is 0.00000338. The molecule has 2 atom stereocenters. The number of likely N-dealkylation sites (tertiary alicyclic amines) is 1. The quantitative estimate of drug-likeness (QED) is 0.298. The third-order valence-electron chi connectivity index (χ3n) is 6.22. The molecular weight excluding hydrogens is 439 g/mol. The lowest BCUT2D eigenvalue weighted by molar-refractivity contribution is 0.00716. The molecule has 1 aliphatic carbocycles. The average Bonchev–Trinajstić information content (AvgIpc) is 2.63. The van der Waals surface area contributed by atoms with Gasteiger partial charge in [0.05, 0.1) is 12.6 Å². The Hall–Kier alpha value is -0.0800. The van der Waals surface area contributed by atoms with E-state index in [0.29, 0.717) is 6.54 Å². The molecule has 26 heavy (non-hydrogen) atoms. The van der Waals surface area contributed by atoms with Crippen molar-refractivity contribution in [3.8, 4) is 0 Å². The minimum absolute atomic E-state index is 0. The van der Waals surface area contributed by atoms with Crippen LogP contribution in [0, 0.1) is 11.3 Å². The van der Waals surface area contributed by atoms with Crippen LogP contribution in [0.25, 0.3) is 0 Å². The van der Waals surface area contributed by atoms with Gasteiger partial charge in [0, 0.05) is 18.5 Å². The van der Waals surface area contributed by atoms with E-state index in [2.05, 4.69) is 36.3 Å². The smallest absolute Gasteiger partial charge is 0.191 e. The van der Waals surface area contributed by atoms with E-state index < -0.39 is 0 Å². The fraction of sp³-hybridized carbons (Fsp3) is 0.950. The molecule has 0 bridgehead atoms. The zero-order valence-electron chi connectivity index (χ0n) is 17.1. The van der Waals surface area contributed by atoms with Gasteiger partial charge in [-0.3, -0.25) is 4.99 Å². The molecule has 0 aromatic carbocycles. The van der Waals surface area contributed by atoms with Crippen molar-refractivity contribution in [1.29, 1.82) is 0 Å². The van der Waals surface area contributed by atoms with Gasteiger partial charge in [0.25, 0.3) is 0 Å². The Kier molecular flexibility index (Phi) is 11.4. The second-order valence-electron chi connectivity index (χ2n) is 8.20. The lowest BCUT2D eigenvalue weighted by Gasteiger charge is -2.37. The molecule has 0 aromatic heterocycles. The van der Waals surface area contributed by atoms with Crippen LogP contribution in [0.3, 0.4) is 0 Å². The number of nitrogens with zero attached hydrogens (tertiary/aromatic N) is 2. The molecule has 0 spiro atoms. The number of hydrogen-bond acceptors (Lipinski definition) is 3. The van der Waals surface area contributed by atoms with E-state index in [1.165, 1.54) is 45.3 Å². The van der Waals surface area contributed by atoms with Gasteiger partial charge in [0.15, 0.2) is 5.96 Å². The maximum Gasteiger partial charge on any atom is 0.191 e. The molecule has 1 heterocycles. The molecule has 5 nitrogen and oxygen atoms in total. The Morgan fingerprint density at radius 2 is 1.88 bits per heavy atom. The van der Waals surface area contributed by atoms with Crippen molar-refractivity contribution in [3.63, 3.8) is 0 Å². The molecule has 6 heteroatoms. The Labute approximate surface area is 177 Å². The van der Waals surface area contributed by atoms with Crippen LogP contribution in [0.2, 0.25) is 0 Å². The van der Waals surface area contributed by atoms with Gasteiger partial charge < -0.3 is 20.6 Å². The van der Waals surface area contributed by atoms with Gasteiger partial charge >= 0.3 is 0 Å². The highest BCUT2D eigenvalue weighted by Gasteiger charge is 2.35. The van der Waals surface area contributed by atoms with Crippen molar-refractivity contribution < 1.29 is 5.11 Å². The molecule has 0 radical (unpaired) electrons. The van der Waals surface area contributed by atoms with Gasteiger partial charge in [-0.05, 0) is 64.6 Å². The number of aliphatic hydroxyl groups is 1. The molecule has 3 N–H and O–H groups in total. The minimum Gasteiger partial charge on any atom is -0.392 e. The first-order valence-electron chi connectivity index (χ1n) is 10.5. The zero-order chi connectivity index (χ0) is 18.1. The summed E-state index contributed by atoms with van der Waals surface area (Å²) in [4.78, 5) is 7.34. The summed E-state index contributed by atoms with van der Waals surface area (Å²) in [6.45, 7) is 12.8. The van der Waals surface area contributed by atoms with E-state index >= 15 is 0 Å². The number of aliphatic imine (C=N–C) groups is 1. The molecule has 0 aromatic rings. The fourth-order valence-corrected chi connectivity index (χ4v) is 4.15. The topological polar surface area (TPSA) is 59.9 Å². The summed E-state index contributed by atoms with van der Waals surface area (Å²) in [7, 11) is 0. The second-order valence-corrected chi connectivity index (χ2v) is 8.20. The summed E-state index contributed by atoms with van der Waals surface area (Å²) in [5, 5.41) is 17.2. The Morgan fingerprint density at radius 3 is 2.50 bits per heavy atom. The number of piperidine rings is 1. The van der Waals surface area contributed by atoms with Crippen LogP contribution >= 0.6 is 24.0 Å². The fourth-order valence-electron chi connectivity index (χ4n) is 4.15. The highest BCUT2D eigenvalue weighted by molar-refractivity contribution is 14.0. The van der Waals surface area contributed by atoms with Crippen molar-refractivity contribution in [2.24, 2.45) is 16.3 Å². The average molecular weight is 480 g/mol. The summed E-state index contributed by atoms with van der Waals surface area (Å²) in [5.74, 6) is 1.75. The summed E-state index contributed by atoms with van der Waals surface area (Å²) in [6.07, 6.45) is 8.03. The van der Waals surface area contributed by atoms with Gasteiger partial charge in [-0.1, -0.05) is 26.7 Å². The number of nitrogens with one attached hydrogen (secondary N) is 2. The molecule has 2 unspecified atom stereocenters. The van der Waals surface area contributed by atoms with Gasteiger partial charge in [-0.2, -0.15) is 0 Å². The first kappa shape index (κ1) is 24.0. The molecule has 154 valence electrons. The largest absolute Gasteiger partial charge is 0.392 e. The van der Waals surface area contributed by atoms with Crippen LogP contribution in [0.1, 0.15) is 65.7 Å². The number of aliphatic hydroxyl groups excluding tert-OH is 1. The van der Waals surface area contributed by atoms with Crippen LogP contribution in [0.15, 0.2) is 4.99 Å². The van der Waals surface area contributed by atoms with Crippen molar-refractivity contribution in [3.05, 3.63) is 0 Å². The van der Waals surface area contributed by atoms with Gasteiger partial charge in [-0.15, -0.1) is 24.0 Å². The van der Waals surface area contributed by atoms with Crippen LogP contribution < -0.4 is 10.6 Å². The van der Waals surface area contributed by atoms with E-state index in [0.717, 1.165) is 44.2 Å². The van der Waals surface area contributed by atoms with Crippen molar-refractivity contribution in [2.45, 2.75) is 71.8 Å². The standard InChI is InChI=1S/C20H40N4O.HI/c1-4-21-19(23-16-20(3)12-7-6-8-18(20)25)22-13-9-17-10-14-24(5-2)15-11-17;/h17-18,25H,4-16H2,1-3H3,(H2,21,22,23);1H. The SMILES string of the molecule is CCNC(=NCC1(C)CCCCC1O)NCCC1CCN(CC)CC1.I. The molecule has 2 fully saturated rings. The summed E-state index contributed by atoms with van der Waals surface area (Å²) < 4.78 is 0. The number of halogens is 1. The molecule has 1 aliphatic heterocycles. The van der Waals surface area contributed by atoms with Gasteiger partial charge in [0.2, 0.25) is 0 Å². The molecule has 1 saturated carbocycles. The highest BCUT2D eigenvalue weighted by atomic mass is 127. The van der Waals surface area contributed by atoms with E-state index in [9.17, 15) is 5.11 Å². The summed E-state index contributed by atoms with van der Waals surface area (Å²) in [6, 6.07) is 0. The van der Waals surface area contributed by atoms with E-state index in [1.807, 2.05) is 0 Å². The molecule has 2 rings (SSSR count). The lowest BCUT2D eigenvalue weighted by atomic mass is 9.73. The molecule has 2 aliphatic rings. The van der Waals surface area contributed by atoms with Gasteiger partial charge in [0.1, 0.15) is 0 Å². The predicted octanol–water partition coefficient (Wildman–Crippen LogP) is 3.22. The van der Waals surface area contributed by atoms with E-state index in [1.54, 1.807) is 0 Å². The number of rotatable bonds is 7. The maximum atomic E-state index is 10.3. The van der Waals surface area contributed by atoms with Crippen molar-refractivity contribution >= 4 is 29.9 Å². The van der Waals surface area contributed by atoms with Crippen molar-refractivity contribution in [1.82, 2.24) is 15.5 Å². The third-order valence-corrected chi connectivity index (χ3v) is 6.22. The van der Waals surface area contributed by atoms with Crippen LogP contribution in [0.5, 0.6) is 0 Å². The third kappa shape index (κ3) is 7.50. The lowest BCUT2D eigenvalue weighted by Crippen LogP contribution is -2.42. The Morgan fingerprint density at radius 1 is 1.15 bits per heavy atom. The molecule has 0 amide bonds.